The Kier molecular flexibility index (Phi) is 3.64. The number of carbonyl (C=O) groups is 1. The van der Waals surface area contributed by atoms with Crippen molar-refractivity contribution in [2.24, 2.45) is 5.92 Å². The minimum Gasteiger partial charge on any atom is -0.410 e. The minimum atomic E-state index is -0.375. The van der Waals surface area contributed by atoms with Gasteiger partial charge in [-0.25, -0.2) is 4.79 Å². The number of likely N-dealkylation sites (tertiary alicyclic amines) is 1. The molecule has 1 aromatic rings. The van der Waals surface area contributed by atoms with Crippen LogP contribution in [0.5, 0.6) is 5.75 Å². The van der Waals surface area contributed by atoms with Crippen molar-refractivity contribution in [3.8, 4) is 5.75 Å². The third kappa shape index (κ3) is 2.58. The third-order valence-corrected chi connectivity index (χ3v) is 3.25. The number of carbonyl (C=O) groups excluding carboxylic acids is 1. The predicted octanol–water partition coefficient (Wildman–Crippen LogP) is 1.89. The van der Waals surface area contributed by atoms with Crippen LogP contribution in [0.25, 0.3) is 0 Å². The van der Waals surface area contributed by atoms with Crippen LogP contribution in [0, 0.1) is 5.92 Å². The van der Waals surface area contributed by atoms with Crippen LogP contribution in [-0.4, -0.2) is 35.3 Å². The molecule has 17 heavy (non-hydrogen) atoms. The zero-order chi connectivity index (χ0) is 12.3. The zero-order valence-corrected chi connectivity index (χ0v) is 9.87. The van der Waals surface area contributed by atoms with E-state index in [2.05, 4.69) is 0 Å². The first-order valence-corrected chi connectivity index (χ1v) is 5.86. The fraction of sp³-hybridized carbons (Fsp3) is 0.462. The fourth-order valence-electron chi connectivity index (χ4n) is 2.16. The van der Waals surface area contributed by atoms with Crippen LogP contribution in [0.2, 0.25) is 0 Å². The van der Waals surface area contributed by atoms with Gasteiger partial charge in [0.25, 0.3) is 0 Å². The molecule has 4 heteroatoms. The summed E-state index contributed by atoms with van der Waals surface area (Å²) in [5, 5.41) is 9.27. The Morgan fingerprint density at radius 3 is 2.82 bits per heavy atom. The molecule has 0 aromatic heterocycles. The van der Waals surface area contributed by atoms with Crippen molar-refractivity contribution in [1.82, 2.24) is 4.90 Å². The molecule has 1 saturated heterocycles. The molecule has 2 rings (SSSR count). The van der Waals surface area contributed by atoms with Crippen LogP contribution in [0.3, 0.4) is 0 Å². The zero-order valence-electron chi connectivity index (χ0n) is 9.87. The normalized spacial score (nSPS) is 23.8. The number of nitrogens with zero attached hydrogens (tertiary/aromatic N) is 1. The van der Waals surface area contributed by atoms with Gasteiger partial charge in [-0.15, -0.1) is 0 Å². The third-order valence-electron chi connectivity index (χ3n) is 3.25. The summed E-state index contributed by atoms with van der Waals surface area (Å²) in [6, 6.07) is 8.87. The summed E-state index contributed by atoms with van der Waals surface area (Å²) in [4.78, 5) is 13.5. The molecule has 0 radical (unpaired) electrons. The van der Waals surface area contributed by atoms with Crippen molar-refractivity contribution in [2.45, 2.75) is 19.4 Å². The van der Waals surface area contributed by atoms with Gasteiger partial charge in [-0.3, -0.25) is 0 Å². The fourth-order valence-corrected chi connectivity index (χ4v) is 2.16. The Labute approximate surface area is 101 Å². The maximum atomic E-state index is 11.9. The molecule has 0 bridgehead atoms. The molecule has 0 spiro atoms. The van der Waals surface area contributed by atoms with Gasteiger partial charge in [-0.05, 0) is 24.5 Å². The number of aliphatic hydroxyl groups excluding tert-OH is 1. The first-order valence-electron chi connectivity index (χ1n) is 5.86. The Balaban J connectivity index is 2.01. The molecule has 1 aromatic carbocycles. The lowest BCUT2D eigenvalue weighted by atomic mass is 10.0. The SMILES string of the molecule is CC1CCN(C(=O)Oc2ccccc2)C1CO. The second kappa shape index (κ2) is 5.19. The van der Waals surface area contributed by atoms with Crippen molar-refractivity contribution in [1.29, 1.82) is 0 Å². The molecule has 1 fully saturated rings. The van der Waals surface area contributed by atoms with Gasteiger partial charge in [0.15, 0.2) is 0 Å². The van der Waals surface area contributed by atoms with Gasteiger partial charge in [-0.1, -0.05) is 25.1 Å². The molecule has 2 atom stereocenters. The monoisotopic (exact) mass is 235 g/mol. The Hall–Kier alpha value is -1.55. The van der Waals surface area contributed by atoms with Crippen LogP contribution >= 0.6 is 0 Å². The van der Waals surface area contributed by atoms with Gasteiger partial charge in [0.05, 0.1) is 12.6 Å². The standard InChI is InChI=1S/C13H17NO3/c1-10-7-8-14(12(10)9-15)13(16)17-11-5-3-2-4-6-11/h2-6,10,12,15H,7-9H2,1H3. The van der Waals surface area contributed by atoms with Crippen LogP contribution < -0.4 is 4.74 Å². The van der Waals surface area contributed by atoms with Crippen LogP contribution in [0.4, 0.5) is 4.79 Å². The minimum absolute atomic E-state index is 0.00887. The molecule has 2 unspecified atom stereocenters. The molecule has 1 aliphatic heterocycles. The summed E-state index contributed by atoms with van der Waals surface area (Å²) in [6.45, 7) is 2.68. The van der Waals surface area contributed by atoms with Crippen LogP contribution in [-0.2, 0) is 0 Å². The molecule has 1 N–H and O–H groups in total. The lowest BCUT2D eigenvalue weighted by Gasteiger charge is -2.24. The number of hydrogen-bond donors (Lipinski definition) is 1. The lowest BCUT2D eigenvalue weighted by molar-refractivity contribution is 0.114. The van der Waals surface area contributed by atoms with Crippen LogP contribution in [0.1, 0.15) is 13.3 Å². The van der Waals surface area contributed by atoms with Gasteiger partial charge in [0.2, 0.25) is 0 Å². The molecule has 4 nitrogen and oxygen atoms in total. The highest BCUT2D eigenvalue weighted by atomic mass is 16.6. The van der Waals surface area contributed by atoms with Gasteiger partial charge in [-0.2, -0.15) is 0 Å². The summed E-state index contributed by atoms with van der Waals surface area (Å²) in [5.74, 6) is 0.858. The number of rotatable bonds is 2. The number of amides is 1. The quantitative estimate of drug-likeness (QED) is 0.851. The van der Waals surface area contributed by atoms with Gasteiger partial charge >= 0.3 is 6.09 Å². The highest BCUT2D eigenvalue weighted by Gasteiger charge is 2.34. The molecule has 92 valence electrons. The second-order valence-corrected chi connectivity index (χ2v) is 4.39. The molecule has 1 aliphatic rings. The van der Waals surface area contributed by atoms with Gasteiger partial charge in [0.1, 0.15) is 5.75 Å². The van der Waals surface area contributed by atoms with E-state index in [-0.39, 0.29) is 18.7 Å². The highest BCUT2D eigenvalue weighted by Crippen LogP contribution is 2.24. The second-order valence-electron chi connectivity index (χ2n) is 4.39. The van der Waals surface area contributed by atoms with E-state index in [0.29, 0.717) is 18.2 Å². The number of benzene rings is 1. The van der Waals surface area contributed by atoms with E-state index >= 15 is 0 Å². The molecule has 1 heterocycles. The van der Waals surface area contributed by atoms with E-state index < -0.39 is 0 Å². The van der Waals surface area contributed by atoms with Crippen LogP contribution in [0.15, 0.2) is 30.3 Å². The van der Waals surface area contributed by atoms with E-state index in [1.807, 2.05) is 25.1 Å². The lowest BCUT2D eigenvalue weighted by Crippen LogP contribution is -2.41. The largest absolute Gasteiger partial charge is 0.415 e. The summed E-state index contributed by atoms with van der Waals surface area (Å²) >= 11 is 0. The van der Waals surface area contributed by atoms with Gasteiger partial charge < -0.3 is 14.7 Å². The van der Waals surface area contributed by atoms with E-state index in [0.717, 1.165) is 6.42 Å². The van der Waals surface area contributed by atoms with Gasteiger partial charge in [0, 0.05) is 6.54 Å². The number of aliphatic hydroxyl groups is 1. The maximum absolute atomic E-state index is 11.9. The van der Waals surface area contributed by atoms with Crippen molar-refractivity contribution < 1.29 is 14.6 Å². The smallest absolute Gasteiger partial charge is 0.410 e. The summed E-state index contributed by atoms with van der Waals surface area (Å²) in [5.41, 5.74) is 0. The van der Waals surface area contributed by atoms with E-state index in [1.165, 1.54) is 0 Å². The number of hydrogen-bond acceptors (Lipinski definition) is 3. The summed E-state index contributed by atoms with van der Waals surface area (Å²) < 4.78 is 5.25. The van der Waals surface area contributed by atoms with Crippen molar-refractivity contribution in [3.63, 3.8) is 0 Å². The first-order chi connectivity index (χ1) is 8.22. The Morgan fingerprint density at radius 1 is 1.47 bits per heavy atom. The maximum Gasteiger partial charge on any atom is 0.415 e. The number of para-hydroxylation sites is 1. The first kappa shape index (κ1) is 11.9. The topological polar surface area (TPSA) is 49.8 Å². The van der Waals surface area contributed by atoms with E-state index in [4.69, 9.17) is 4.74 Å². The summed E-state index contributed by atoms with van der Waals surface area (Å²) in [6.07, 6.45) is 0.536. The molecule has 0 saturated carbocycles. The van der Waals surface area contributed by atoms with Crippen molar-refractivity contribution in [3.05, 3.63) is 30.3 Å². The Morgan fingerprint density at radius 2 is 2.18 bits per heavy atom. The van der Waals surface area contributed by atoms with Crippen molar-refractivity contribution in [2.75, 3.05) is 13.2 Å². The predicted molar refractivity (Wildman–Crippen MR) is 63.8 cm³/mol. The van der Waals surface area contributed by atoms with E-state index in [9.17, 15) is 9.90 Å². The average molecular weight is 235 g/mol. The molecule has 0 aliphatic carbocycles. The summed E-state index contributed by atoms with van der Waals surface area (Å²) in [7, 11) is 0. The van der Waals surface area contributed by atoms with E-state index in [1.54, 1.807) is 17.0 Å². The number of ether oxygens (including phenoxy) is 1. The molecular weight excluding hydrogens is 218 g/mol. The molecular formula is C13H17NO3. The molecule has 1 amide bonds. The highest BCUT2D eigenvalue weighted by molar-refractivity contribution is 5.71. The van der Waals surface area contributed by atoms with Crippen molar-refractivity contribution >= 4 is 6.09 Å². The average Bonchev–Trinajstić information content (AvgIpc) is 2.71. The Bertz CT molecular complexity index is 380.